The van der Waals surface area contributed by atoms with Gasteiger partial charge in [-0.1, -0.05) is 6.07 Å². The fourth-order valence-electron chi connectivity index (χ4n) is 4.93. The van der Waals surface area contributed by atoms with E-state index in [1.807, 2.05) is 31.2 Å². The van der Waals surface area contributed by atoms with Crippen LogP contribution >= 0.6 is 0 Å². The summed E-state index contributed by atoms with van der Waals surface area (Å²) in [5.74, 6) is 0.522. The first-order chi connectivity index (χ1) is 18.5. The van der Waals surface area contributed by atoms with Gasteiger partial charge in [0.25, 0.3) is 0 Å². The van der Waals surface area contributed by atoms with Crippen molar-refractivity contribution < 1.29 is 27.5 Å². The lowest BCUT2D eigenvalue weighted by Crippen LogP contribution is -2.37. The second kappa shape index (κ2) is 12.1. The van der Waals surface area contributed by atoms with Gasteiger partial charge in [0.1, 0.15) is 17.7 Å². The Morgan fingerprint density at radius 2 is 1.90 bits per heavy atom. The number of likely N-dealkylation sites (tertiary alicyclic amines) is 1. The molecular weight excluding hydrogens is 513 g/mol. The molecule has 2 fully saturated rings. The molecule has 4 rings (SSSR count). The Labute approximate surface area is 226 Å². The number of carbonyl (C=O) groups is 2. The SMILES string of the molecule is CNC(=O)[C@@H](C)Nc1cc(-c2cc(NC(=O)N3CCC(CC(F)(F)F)C3)ccc2C)cc(N2CCOCC2)n1. The monoisotopic (exact) mass is 548 g/mol. The number of alkyl halides is 3. The number of benzene rings is 1. The number of urea groups is 1. The summed E-state index contributed by atoms with van der Waals surface area (Å²) in [6, 6.07) is 8.41. The minimum Gasteiger partial charge on any atom is -0.378 e. The van der Waals surface area contributed by atoms with Gasteiger partial charge >= 0.3 is 12.2 Å². The predicted octanol–water partition coefficient (Wildman–Crippen LogP) is 4.25. The van der Waals surface area contributed by atoms with E-state index >= 15 is 0 Å². The Kier molecular flexibility index (Phi) is 8.83. The van der Waals surface area contributed by atoms with Gasteiger partial charge in [0.2, 0.25) is 5.91 Å². The molecule has 0 aliphatic carbocycles. The van der Waals surface area contributed by atoms with Crippen LogP contribution in [0.4, 0.5) is 35.3 Å². The first-order valence-electron chi connectivity index (χ1n) is 13.1. The molecule has 3 amide bonds. The van der Waals surface area contributed by atoms with Crippen LogP contribution in [0.15, 0.2) is 30.3 Å². The lowest BCUT2D eigenvalue weighted by atomic mass is 10.00. The summed E-state index contributed by atoms with van der Waals surface area (Å²) in [5, 5.41) is 8.64. The van der Waals surface area contributed by atoms with E-state index in [-0.39, 0.29) is 19.0 Å². The van der Waals surface area contributed by atoms with Gasteiger partial charge in [0, 0.05) is 45.3 Å². The molecule has 2 atom stereocenters. The van der Waals surface area contributed by atoms with E-state index < -0.39 is 30.6 Å². The maximum Gasteiger partial charge on any atom is 0.389 e. The zero-order chi connectivity index (χ0) is 28.2. The number of carbonyl (C=O) groups excluding carboxylic acids is 2. The third-order valence-electron chi connectivity index (χ3n) is 7.04. The number of halogens is 3. The van der Waals surface area contributed by atoms with Crippen molar-refractivity contribution in [2.75, 3.05) is 62.0 Å². The molecule has 9 nitrogen and oxygen atoms in total. The number of amides is 3. The summed E-state index contributed by atoms with van der Waals surface area (Å²) >= 11 is 0. The zero-order valence-electron chi connectivity index (χ0n) is 22.4. The maximum atomic E-state index is 12.8. The van der Waals surface area contributed by atoms with Crippen molar-refractivity contribution in [3.05, 3.63) is 35.9 Å². The van der Waals surface area contributed by atoms with Crippen LogP contribution in [-0.4, -0.2) is 80.5 Å². The quantitative estimate of drug-likeness (QED) is 0.479. The Hall–Kier alpha value is -3.54. The Morgan fingerprint density at radius 1 is 1.15 bits per heavy atom. The molecule has 0 radical (unpaired) electrons. The lowest BCUT2D eigenvalue weighted by Gasteiger charge is -2.29. The molecular formula is C27H35F3N6O3. The second-order valence-electron chi connectivity index (χ2n) is 10.1. The molecule has 3 heterocycles. The van der Waals surface area contributed by atoms with Crippen molar-refractivity contribution in [3.63, 3.8) is 0 Å². The van der Waals surface area contributed by atoms with Crippen LogP contribution in [0.5, 0.6) is 0 Å². The molecule has 2 aliphatic heterocycles. The second-order valence-corrected chi connectivity index (χ2v) is 10.1. The standard InChI is InChI=1S/C27H35F3N6O3/c1-17-4-5-21(33-26(38)36-7-6-19(16-36)15-27(28,29)30)14-22(17)20-12-23(32-18(2)25(37)31-3)34-24(13-20)35-8-10-39-11-9-35/h4-5,12-14,18-19H,6-11,15-16H2,1-3H3,(H,31,37)(H,32,34)(H,33,38)/t18-,19?/m1/s1. The van der Waals surface area contributed by atoms with Crippen LogP contribution in [0.1, 0.15) is 25.3 Å². The molecule has 12 heteroatoms. The van der Waals surface area contributed by atoms with Crippen LogP contribution < -0.4 is 20.9 Å². The van der Waals surface area contributed by atoms with Crippen molar-refractivity contribution in [3.8, 4) is 11.1 Å². The summed E-state index contributed by atoms with van der Waals surface area (Å²) in [5.41, 5.74) is 3.21. The number of rotatable bonds is 7. The van der Waals surface area contributed by atoms with Crippen molar-refractivity contribution in [2.45, 2.75) is 38.9 Å². The van der Waals surface area contributed by atoms with Gasteiger partial charge in [-0.05, 0) is 67.1 Å². The number of aryl methyl sites for hydroxylation is 1. The van der Waals surface area contributed by atoms with Gasteiger partial charge in [0.15, 0.2) is 0 Å². The van der Waals surface area contributed by atoms with Crippen LogP contribution in [0.2, 0.25) is 0 Å². The molecule has 2 aliphatic rings. The van der Waals surface area contributed by atoms with Gasteiger partial charge < -0.3 is 30.5 Å². The van der Waals surface area contributed by atoms with Gasteiger partial charge in [0.05, 0.1) is 13.2 Å². The molecule has 39 heavy (non-hydrogen) atoms. The molecule has 1 aromatic carbocycles. The number of nitrogens with one attached hydrogen (secondary N) is 3. The highest BCUT2D eigenvalue weighted by Gasteiger charge is 2.36. The lowest BCUT2D eigenvalue weighted by molar-refractivity contribution is -0.143. The molecule has 0 saturated carbocycles. The van der Waals surface area contributed by atoms with Gasteiger partial charge in [-0.15, -0.1) is 0 Å². The van der Waals surface area contributed by atoms with E-state index in [1.54, 1.807) is 20.0 Å². The highest BCUT2D eigenvalue weighted by Crippen LogP contribution is 2.33. The summed E-state index contributed by atoms with van der Waals surface area (Å²) < 4.78 is 43.8. The highest BCUT2D eigenvalue weighted by atomic mass is 19.4. The number of anilines is 3. The normalized spacial score (nSPS) is 18.6. The van der Waals surface area contributed by atoms with Crippen molar-refractivity contribution in [2.24, 2.45) is 5.92 Å². The number of pyridine rings is 1. The van der Waals surface area contributed by atoms with Crippen molar-refractivity contribution in [1.82, 2.24) is 15.2 Å². The summed E-state index contributed by atoms with van der Waals surface area (Å²) in [4.78, 5) is 33.3. The van der Waals surface area contributed by atoms with E-state index in [0.717, 1.165) is 22.5 Å². The molecule has 3 N–H and O–H groups in total. The Balaban J connectivity index is 1.57. The fourth-order valence-corrected chi connectivity index (χ4v) is 4.93. The van der Waals surface area contributed by atoms with E-state index in [9.17, 15) is 22.8 Å². The van der Waals surface area contributed by atoms with E-state index in [1.165, 1.54) is 4.90 Å². The number of hydrogen-bond donors (Lipinski definition) is 3. The van der Waals surface area contributed by atoms with E-state index in [4.69, 9.17) is 9.72 Å². The third kappa shape index (κ3) is 7.53. The molecule has 0 bridgehead atoms. The summed E-state index contributed by atoms with van der Waals surface area (Å²) in [6.07, 6.45) is -4.79. The van der Waals surface area contributed by atoms with Crippen LogP contribution in [-0.2, 0) is 9.53 Å². The zero-order valence-corrected chi connectivity index (χ0v) is 22.4. The summed E-state index contributed by atoms with van der Waals surface area (Å²) in [6.45, 7) is 6.61. The van der Waals surface area contributed by atoms with Crippen molar-refractivity contribution in [1.29, 1.82) is 0 Å². The van der Waals surface area contributed by atoms with E-state index in [2.05, 4.69) is 20.9 Å². The fraction of sp³-hybridized carbons (Fsp3) is 0.519. The number of likely N-dealkylation sites (N-methyl/N-ethyl adjacent to an activating group) is 1. The molecule has 1 unspecified atom stereocenters. The largest absolute Gasteiger partial charge is 0.389 e. The molecule has 2 saturated heterocycles. The van der Waals surface area contributed by atoms with Gasteiger partial charge in [-0.2, -0.15) is 13.2 Å². The van der Waals surface area contributed by atoms with Crippen LogP contribution in [0, 0.1) is 12.8 Å². The molecule has 1 aromatic heterocycles. The molecule has 2 aromatic rings. The molecule has 212 valence electrons. The van der Waals surface area contributed by atoms with E-state index in [0.29, 0.717) is 44.2 Å². The Bertz CT molecular complexity index is 1190. The minimum absolute atomic E-state index is 0.0792. The average molecular weight is 549 g/mol. The Morgan fingerprint density at radius 3 is 2.59 bits per heavy atom. The van der Waals surface area contributed by atoms with Crippen LogP contribution in [0.3, 0.4) is 0 Å². The number of nitrogens with zero attached hydrogens (tertiary/aromatic N) is 3. The number of ether oxygens (including phenoxy) is 1. The number of morpholine rings is 1. The average Bonchev–Trinajstić information content (AvgIpc) is 3.36. The maximum absolute atomic E-state index is 12.8. The smallest absolute Gasteiger partial charge is 0.378 e. The first-order valence-corrected chi connectivity index (χ1v) is 13.1. The predicted molar refractivity (Wildman–Crippen MR) is 144 cm³/mol. The number of aromatic nitrogens is 1. The topological polar surface area (TPSA) is 98.8 Å². The highest BCUT2D eigenvalue weighted by molar-refractivity contribution is 5.91. The van der Waals surface area contributed by atoms with Gasteiger partial charge in [-0.3, -0.25) is 4.79 Å². The summed E-state index contributed by atoms with van der Waals surface area (Å²) in [7, 11) is 1.57. The minimum atomic E-state index is -4.24. The van der Waals surface area contributed by atoms with Crippen LogP contribution in [0.25, 0.3) is 11.1 Å². The first kappa shape index (κ1) is 28.5. The van der Waals surface area contributed by atoms with Gasteiger partial charge in [-0.25, -0.2) is 9.78 Å². The number of hydrogen-bond acceptors (Lipinski definition) is 6. The third-order valence-corrected chi connectivity index (χ3v) is 7.04. The van der Waals surface area contributed by atoms with Crippen molar-refractivity contribution >= 4 is 29.3 Å². The molecule has 0 spiro atoms.